The average Bonchev–Trinajstić information content (AvgIpc) is 2.60. The van der Waals surface area contributed by atoms with E-state index in [4.69, 9.17) is 0 Å². The lowest BCUT2D eigenvalue weighted by Gasteiger charge is -2.25. The van der Waals surface area contributed by atoms with Gasteiger partial charge in [-0.15, -0.1) is 0 Å². The summed E-state index contributed by atoms with van der Waals surface area (Å²) in [6.45, 7) is 5.44. The lowest BCUT2D eigenvalue weighted by atomic mass is 9.85. The van der Waals surface area contributed by atoms with Crippen molar-refractivity contribution in [2.75, 3.05) is 0 Å². The highest BCUT2D eigenvalue weighted by Gasteiger charge is 2.21. The van der Waals surface area contributed by atoms with Gasteiger partial charge in [0, 0.05) is 17.8 Å². The summed E-state index contributed by atoms with van der Waals surface area (Å²) >= 11 is 0. The minimum Gasteiger partial charge on any atom is -0.392 e. The fourth-order valence-electron chi connectivity index (χ4n) is 2.52. The Morgan fingerprint density at radius 1 is 1.31 bits per heavy atom. The molecule has 1 fully saturated rings. The van der Waals surface area contributed by atoms with Crippen LogP contribution < -0.4 is 0 Å². The van der Waals surface area contributed by atoms with Crippen LogP contribution in [0.25, 0.3) is 0 Å². The van der Waals surface area contributed by atoms with Gasteiger partial charge in [0.1, 0.15) is 0 Å². The van der Waals surface area contributed by atoms with Gasteiger partial charge in [-0.05, 0) is 31.6 Å². The van der Waals surface area contributed by atoms with Crippen LogP contribution in [-0.2, 0) is 26.0 Å². The number of aliphatic hydroxyl groups is 1. The van der Waals surface area contributed by atoms with Crippen LogP contribution in [-0.4, -0.2) is 14.9 Å². The van der Waals surface area contributed by atoms with Crippen LogP contribution in [0.5, 0.6) is 0 Å². The van der Waals surface area contributed by atoms with Gasteiger partial charge in [0.05, 0.1) is 12.3 Å². The van der Waals surface area contributed by atoms with Gasteiger partial charge < -0.3 is 5.11 Å². The first-order valence-electron chi connectivity index (χ1n) is 6.48. The molecular weight excluding hydrogens is 200 g/mol. The summed E-state index contributed by atoms with van der Waals surface area (Å²) in [5, 5.41) is 14.1. The van der Waals surface area contributed by atoms with Crippen LogP contribution in [0.1, 0.15) is 50.1 Å². The maximum Gasteiger partial charge on any atom is 0.0718 e. The molecule has 1 aromatic rings. The number of aliphatic hydroxyl groups excluding tert-OH is 1. The van der Waals surface area contributed by atoms with E-state index >= 15 is 0 Å². The zero-order valence-electron chi connectivity index (χ0n) is 10.4. The van der Waals surface area contributed by atoms with Crippen molar-refractivity contribution < 1.29 is 5.11 Å². The molecule has 0 bridgehead atoms. The van der Waals surface area contributed by atoms with Crippen molar-refractivity contribution in [3.05, 3.63) is 17.0 Å². The third kappa shape index (κ3) is 2.01. The molecule has 1 heterocycles. The Kier molecular flexibility index (Phi) is 3.64. The average molecular weight is 222 g/mol. The number of hydrogen-bond donors (Lipinski definition) is 1. The molecular formula is C13H22N2O. The van der Waals surface area contributed by atoms with Crippen LogP contribution in [0.15, 0.2) is 0 Å². The number of rotatable bonds is 5. The molecule has 2 rings (SSSR count). The first-order valence-corrected chi connectivity index (χ1v) is 6.48. The molecule has 0 unspecified atom stereocenters. The third-order valence-corrected chi connectivity index (χ3v) is 3.73. The lowest BCUT2D eigenvalue weighted by molar-refractivity contribution is 0.261. The molecule has 16 heavy (non-hydrogen) atoms. The molecule has 0 saturated heterocycles. The van der Waals surface area contributed by atoms with Crippen LogP contribution >= 0.6 is 0 Å². The van der Waals surface area contributed by atoms with Crippen LogP contribution in [0.2, 0.25) is 0 Å². The number of aryl methyl sites for hydroxylation is 1. The van der Waals surface area contributed by atoms with E-state index in [1.54, 1.807) is 0 Å². The molecule has 1 aliphatic carbocycles. The molecule has 3 nitrogen and oxygen atoms in total. The van der Waals surface area contributed by atoms with Gasteiger partial charge in [0.2, 0.25) is 0 Å². The maximum atomic E-state index is 9.43. The Morgan fingerprint density at radius 3 is 2.50 bits per heavy atom. The van der Waals surface area contributed by atoms with Gasteiger partial charge in [-0.2, -0.15) is 5.10 Å². The van der Waals surface area contributed by atoms with Crippen molar-refractivity contribution in [2.45, 2.75) is 59.1 Å². The van der Waals surface area contributed by atoms with Gasteiger partial charge in [0.15, 0.2) is 0 Å². The summed E-state index contributed by atoms with van der Waals surface area (Å²) in [7, 11) is 0. The molecule has 0 radical (unpaired) electrons. The highest BCUT2D eigenvalue weighted by Crippen LogP contribution is 2.29. The van der Waals surface area contributed by atoms with E-state index in [9.17, 15) is 5.11 Å². The molecule has 1 aliphatic rings. The highest BCUT2D eigenvalue weighted by molar-refractivity contribution is 5.26. The summed E-state index contributed by atoms with van der Waals surface area (Å²) in [5.41, 5.74) is 3.40. The standard InChI is InChI=1S/C13H22N2O/c1-3-12-11(9-16)13(4-2)15(14-12)8-10-6-5-7-10/h10,16H,3-9H2,1-2H3. The molecule has 3 heteroatoms. The van der Waals surface area contributed by atoms with E-state index in [-0.39, 0.29) is 6.61 Å². The summed E-state index contributed by atoms with van der Waals surface area (Å²) < 4.78 is 2.15. The van der Waals surface area contributed by atoms with Crippen LogP contribution in [0, 0.1) is 5.92 Å². The fraction of sp³-hybridized carbons (Fsp3) is 0.769. The Balaban J connectivity index is 2.24. The molecule has 1 N–H and O–H groups in total. The van der Waals surface area contributed by atoms with Crippen LogP contribution in [0.4, 0.5) is 0 Å². The zero-order chi connectivity index (χ0) is 11.5. The second kappa shape index (κ2) is 5.00. The highest BCUT2D eigenvalue weighted by atomic mass is 16.3. The Morgan fingerprint density at radius 2 is 2.06 bits per heavy atom. The van der Waals surface area contributed by atoms with Gasteiger partial charge >= 0.3 is 0 Å². The predicted molar refractivity (Wildman–Crippen MR) is 64.2 cm³/mol. The lowest BCUT2D eigenvalue weighted by Crippen LogP contribution is -2.20. The third-order valence-electron chi connectivity index (χ3n) is 3.73. The second-order valence-electron chi connectivity index (χ2n) is 4.72. The van der Waals surface area contributed by atoms with E-state index in [2.05, 4.69) is 23.6 Å². The Bertz CT molecular complexity index is 353. The summed E-state index contributed by atoms with van der Waals surface area (Å²) in [4.78, 5) is 0. The summed E-state index contributed by atoms with van der Waals surface area (Å²) in [6.07, 6.45) is 5.95. The molecule has 0 aliphatic heterocycles. The van der Waals surface area contributed by atoms with Gasteiger partial charge in [-0.1, -0.05) is 20.3 Å². The first kappa shape index (κ1) is 11.6. The van der Waals surface area contributed by atoms with Crippen LogP contribution in [0.3, 0.4) is 0 Å². The predicted octanol–water partition coefficient (Wildman–Crippen LogP) is 2.30. The van der Waals surface area contributed by atoms with Crippen molar-refractivity contribution in [1.29, 1.82) is 0 Å². The molecule has 1 aromatic heterocycles. The topological polar surface area (TPSA) is 38.0 Å². The van der Waals surface area contributed by atoms with Gasteiger partial charge in [-0.25, -0.2) is 0 Å². The van der Waals surface area contributed by atoms with E-state index in [0.29, 0.717) is 0 Å². The molecule has 0 atom stereocenters. The Hall–Kier alpha value is -0.830. The fourth-order valence-corrected chi connectivity index (χ4v) is 2.52. The van der Waals surface area contributed by atoms with Gasteiger partial charge in [-0.3, -0.25) is 4.68 Å². The molecule has 1 saturated carbocycles. The van der Waals surface area contributed by atoms with E-state index in [0.717, 1.165) is 36.6 Å². The second-order valence-corrected chi connectivity index (χ2v) is 4.72. The van der Waals surface area contributed by atoms with Gasteiger partial charge in [0.25, 0.3) is 0 Å². The van der Waals surface area contributed by atoms with E-state index in [1.165, 1.54) is 25.0 Å². The van der Waals surface area contributed by atoms with Crippen molar-refractivity contribution in [2.24, 2.45) is 5.92 Å². The number of aromatic nitrogens is 2. The van der Waals surface area contributed by atoms with Crippen molar-refractivity contribution in [3.8, 4) is 0 Å². The minimum absolute atomic E-state index is 0.136. The zero-order valence-corrected chi connectivity index (χ0v) is 10.4. The monoisotopic (exact) mass is 222 g/mol. The maximum absolute atomic E-state index is 9.43. The molecule has 0 amide bonds. The number of hydrogen-bond acceptors (Lipinski definition) is 2. The van der Waals surface area contributed by atoms with Crippen molar-refractivity contribution in [3.63, 3.8) is 0 Å². The number of nitrogens with zero attached hydrogens (tertiary/aromatic N) is 2. The van der Waals surface area contributed by atoms with Crippen molar-refractivity contribution >= 4 is 0 Å². The molecule has 90 valence electrons. The largest absolute Gasteiger partial charge is 0.392 e. The van der Waals surface area contributed by atoms with E-state index < -0.39 is 0 Å². The molecule has 0 aromatic carbocycles. The minimum atomic E-state index is 0.136. The normalized spacial score (nSPS) is 16.4. The Labute approximate surface area is 97.5 Å². The first-order chi connectivity index (χ1) is 7.80. The summed E-state index contributed by atoms with van der Waals surface area (Å²) in [5.74, 6) is 0.821. The SMILES string of the molecule is CCc1nn(CC2CCC2)c(CC)c1CO. The smallest absolute Gasteiger partial charge is 0.0718 e. The summed E-state index contributed by atoms with van der Waals surface area (Å²) in [6, 6.07) is 0. The quantitative estimate of drug-likeness (QED) is 0.830. The van der Waals surface area contributed by atoms with Crippen molar-refractivity contribution in [1.82, 2.24) is 9.78 Å². The van der Waals surface area contributed by atoms with E-state index in [1.807, 2.05) is 0 Å². The molecule has 0 spiro atoms.